The minimum atomic E-state index is 0.464. The Balaban J connectivity index is 1.41. The first-order chi connectivity index (χ1) is 17.8. The normalized spacial score (nSPS) is 26.4. The summed E-state index contributed by atoms with van der Waals surface area (Å²) in [5, 5.41) is 0. The van der Waals surface area contributed by atoms with Crippen molar-refractivity contribution in [2.45, 2.75) is 38.5 Å². The highest BCUT2D eigenvalue weighted by atomic mass is 15.2. The lowest BCUT2D eigenvalue weighted by molar-refractivity contribution is 0.459. The highest BCUT2D eigenvalue weighted by Gasteiger charge is 2.44. The minimum Gasteiger partial charge on any atom is -0.313 e. The standard InChI is InChI=1S/C35H33N/c1-24-15-17-27(18-16-24)34-30-12-6-5-11-28(30)23-32-31-13-7-8-14-33(31)36(35(32)34)29-21-19-26(20-22-29)25-9-3-2-4-10-25/h2-10,12-15,17,19-22,24,27-28,32H,11,16,18,23H2,1H3. The summed E-state index contributed by atoms with van der Waals surface area (Å²) in [7, 11) is 0. The van der Waals surface area contributed by atoms with Crippen LogP contribution in [-0.2, 0) is 0 Å². The summed E-state index contributed by atoms with van der Waals surface area (Å²) in [6.07, 6.45) is 17.0. The summed E-state index contributed by atoms with van der Waals surface area (Å²) in [6.45, 7) is 2.35. The van der Waals surface area contributed by atoms with Crippen LogP contribution >= 0.6 is 0 Å². The molecule has 1 aliphatic heterocycles. The molecule has 0 aromatic heterocycles. The summed E-state index contributed by atoms with van der Waals surface area (Å²) in [4.78, 5) is 2.60. The van der Waals surface area contributed by atoms with Crippen LogP contribution in [0.1, 0.15) is 44.1 Å². The zero-order chi connectivity index (χ0) is 24.1. The van der Waals surface area contributed by atoms with Gasteiger partial charge in [-0.25, -0.2) is 0 Å². The van der Waals surface area contributed by atoms with Crippen molar-refractivity contribution in [2.24, 2.45) is 17.8 Å². The second kappa shape index (κ2) is 8.82. The van der Waals surface area contributed by atoms with Gasteiger partial charge in [-0.1, -0.05) is 98.0 Å². The molecular formula is C35H33N. The van der Waals surface area contributed by atoms with Crippen LogP contribution in [0.3, 0.4) is 0 Å². The average Bonchev–Trinajstić information content (AvgIpc) is 3.27. The van der Waals surface area contributed by atoms with E-state index in [0.717, 1.165) is 0 Å². The molecule has 178 valence electrons. The molecule has 0 spiro atoms. The molecule has 1 heterocycles. The summed E-state index contributed by atoms with van der Waals surface area (Å²) >= 11 is 0. The Hall–Kier alpha value is -3.58. The third-order valence-corrected chi connectivity index (χ3v) is 8.71. The fourth-order valence-corrected chi connectivity index (χ4v) is 6.92. The number of benzene rings is 3. The zero-order valence-corrected chi connectivity index (χ0v) is 21.0. The Morgan fingerprint density at radius 3 is 2.36 bits per heavy atom. The number of hydrogen-bond donors (Lipinski definition) is 0. The van der Waals surface area contributed by atoms with Gasteiger partial charge < -0.3 is 4.90 Å². The smallest absolute Gasteiger partial charge is 0.0497 e. The van der Waals surface area contributed by atoms with Gasteiger partial charge in [0, 0.05) is 28.9 Å². The Morgan fingerprint density at radius 1 is 0.778 bits per heavy atom. The number of nitrogens with zero attached hydrogens (tertiary/aromatic N) is 1. The molecule has 36 heavy (non-hydrogen) atoms. The number of rotatable bonds is 3. The van der Waals surface area contributed by atoms with Gasteiger partial charge in [-0.3, -0.25) is 0 Å². The molecule has 0 amide bonds. The maximum absolute atomic E-state index is 2.60. The topological polar surface area (TPSA) is 3.24 Å². The van der Waals surface area contributed by atoms with Gasteiger partial charge in [0.1, 0.15) is 0 Å². The monoisotopic (exact) mass is 467 g/mol. The van der Waals surface area contributed by atoms with E-state index in [0.29, 0.717) is 23.7 Å². The van der Waals surface area contributed by atoms with Crippen molar-refractivity contribution in [3.63, 3.8) is 0 Å². The van der Waals surface area contributed by atoms with E-state index in [-0.39, 0.29) is 0 Å². The SMILES string of the molecule is CC1C=CC(C2=C3C(CC4CC=CC=C24)c2ccccc2N3c2ccc(-c3ccccc3)cc2)CC1. The van der Waals surface area contributed by atoms with E-state index in [2.05, 4.69) is 121 Å². The molecule has 3 aliphatic carbocycles. The van der Waals surface area contributed by atoms with Gasteiger partial charge in [-0.15, -0.1) is 0 Å². The van der Waals surface area contributed by atoms with Crippen LogP contribution in [0.25, 0.3) is 11.1 Å². The molecule has 4 unspecified atom stereocenters. The van der Waals surface area contributed by atoms with Gasteiger partial charge >= 0.3 is 0 Å². The summed E-state index contributed by atoms with van der Waals surface area (Å²) < 4.78 is 0. The number of para-hydroxylation sites is 1. The zero-order valence-electron chi connectivity index (χ0n) is 21.0. The number of fused-ring (bicyclic) bond motifs is 4. The van der Waals surface area contributed by atoms with Gasteiger partial charge in [-0.05, 0) is 83.6 Å². The fourth-order valence-electron chi connectivity index (χ4n) is 6.92. The van der Waals surface area contributed by atoms with Crippen molar-refractivity contribution in [3.8, 4) is 11.1 Å². The lowest BCUT2D eigenvalue weighted by atomic mass is 9.67. The minimum absolute atomic E-state index is 0.464. The molecule has 0 bridgehead atoms. The van der Waals surface area contributed by atoms with Crippen molar-refractivity contribution in [3.05, 3.63) is 132 Å². The van der Waals surface area contributed by atoms with E-state index >= 15 is 0 Å². The predicted molar refractivity (Wildman–Crippen MR) is 151 cm³/mol. The summed E-state index contributed by atoms with van der Waals surface area (Å²) in [6, 6.07) is 29.1. The average molecular weight is 468 g/mol. The largest absolute Gasteiger partial charge is 0.313 e. The second-order valence-electron chi connectivity index (χ2n) is 10.9. The van der Waals surface area contributed by atoms with E-state index in [1.54, 1.807) is 11.1 Å². The third kappa shape index (κ3) is 3.53. The van der Waals surface area contributed by atoms with E-state index < -0.39 is 0 Å². The Kier molecular flexibility index (Phi) is 5.31. The molecule has 3 aromatic carbocycles. The van der Waals surface area contributed by atoms with Crippen LogP contribution in [0, 0.1) is 17.8 Å². The molecule has 0 N–H and O–H groups in total. The highest BCUT2D eigenvalue weighted by Crippen LogP contribution is 2.58. The van der Waals surface area contributed by atoms with Crippen molar-refractivity contribution in [1.29, 1.82) is 0 Å². The van der Waals surface area contributed by atoms with E-state index in [1.165, 1.54) is 59.4 Å². The maximum atomic E-state index is 2.60. The van der Waals surface area contributed by atoms with Gasteiger partial charge in [0.25, 0.3) is 0 Å². The van der Waals surface area contributed by atoms with Crippen molar-refractivity contribution < 1.29 is 0 Å². The summed E-state index contributed by atoms with van der Waals surface area (Å²) in [5.41, 5.74) is 11.4. The summed E-state index contributed by atoms with van der Waals surface area (Å²) in [5.74, 6) is 2.27. The number of hydrogen-bond acceptors (Lipinski definition) is 1. The van der Waals surface area contributed by atoms with Crippen LogP contribution in [-0.4, -0.2) is 0 Å². The first-order valence-electron chi connectivity index (χ1n) is 13.6. The Labute approximate surface area is 215 Å². The molecule has 1 nitrogen and oxygen atoms in total. The van der Waals surface area contributed by atoms with Gasteiger partial charge in [-0.2, -0.15) is 0 Å². The molecule has 4 atom stereocenters. The second-order valence-corrected chi connectivity index (χ2v) is 10.9. The lowest BCUT2D eigenvalue weighted by Crippen LogP contribution is -2.29. The van der Waals surface area contributed by atoms with Crippen molar-refractivity contribution in [1.82, 2.24) is 0 Å². The van der Waals surface area contributed by atoms with E-state index in [1.807, 2.05) is 0 Å². The molecule has 7 rings (SSSR count). The molecule has 1 heteroatoms. The van der Waals surface area contributed by atoms with Crippen molar-refractivity contribution >= 4 is 11.4 Å². The van der Waals surface area contributed by atoms with Crippen LogP contribution < -0.4 is 4.90 Å². The Morgan fingerprint density at radius 2 is 1.56 bits per heavy atom. The van der Waals surface area contributed by atoms with Gasteiger partial charge in [0.2, 0.25) is 0 Å². The van der Waals surface area contributed by atoms with Gasteiger partial charge in [0.05, 0.1) is 0 Å². The predicted octanol–water partition coefficient (Wildman–Crippen LogP) is 9.35. The highest BCUT2D eigenvalue weighted by molar-refractivity contribution is 5.81. The molecule has 0 radical (unpaired) electrons. The number of anilines is 2. The molecule has 3 aromatic rings. The molecular weight excluding hydrogens is 434 g/mol. The molecule has 0 fully saturated rings. The van der Waals surface area contributed by atoms with E-state index in [9.17, 15) is 0 Å². The quantitative estimate of drug-likeness (QED) is 0.347. The van der Waals surface area contributed by atoms with Crippen molar-refractivity contribution in [2.75, 3.05) is 4.90 Å². The third-order valence-electron chi connectivity index (χ3n) is 8.71. The Bertz CT molecular complexity index is 1400. The van der Waals surface area contributed by atoms with Crippen LogP contribution in [0.4, 0.5) is 11.4 Å². The van der Waals surface area contributed by atoms with Crippen LogP contribution in [0.5, 0.6) is 0 Å². The fraction of sp³-hybridized carbons (Fsp3) is 0.257. The maximum Gasteiger partial charge on any atom is 0.0497 e. The van der Waals surface area contributed by atoms with Crippen LogP contribution in [0.2, 0.25) is 0 Å². The lowest BCUT2D eigenvalue weighted by Gasteiger charge is -2.40. The van der Waals surface area contributed by atoms with Gasteiger partial charge in [0.15, 0.2) is 0 Å². The van der Waals surface area contributed by atoms with Crippen LogP contribution in [0.15, 0.2) is 126 Å². The first-order valence-corrected chi connectivity index (χ1v) is 13.6. The van der Waals surface area contributed by atoms with E-state index in [4.69, 9.17) is 0 Å². The first kappa shape index (κ1) is 21.7. The number of allylic oxidation sites excluding steroid dienone is 8. The molecule has 0 saturated heterocycles. The molecule has 4 aliphatic rings. The molecule has 0 saturated carbocycles.